The molecule has 0 spiro atoms. The fourth-order valence-electron chi connectivity index (χ4n) is 3.43. The molecule has 1 atom stereocenters. The van der Waals surface area contributed by atoms with Crippen LogP contribution in [-0.4, -0.2) is 61.8 Å². The van der Waals surface area contributed by atoms with E-state index in [2.05, 4.69) is 26.9 Å². The number of hydrogen-bond acceptors (Lipinski definition) is 4. The maximum Gasteiger partial charge on any atom is 0.573 e. The predicted octanol–water partition coefficient (Wildman–Crippen LogP) is 3.70. The van der Waals surface area contributed by atoms with E-state index in [1.807, 2.05) is 30.3 Å². The number of carbonyl (C=O) groups excluding carboxylic acids is 1. The molecule has 1 unspecified atom stereocenters. The topological polar surface area (TPSA) is 44.8 Å². The molecule has 0 saturated carbocycles. The van der Waals surface area contributed by atoms with Crippen molar-refractivity contribution in [3.63, 3.8) is 0 Å². The molecule has 1 N–H and O–H groups in total. The minimum atomic E-state index is -4.80. The molecule has 0 bridgehead atoms. The molecule has 1 aliphatic rings. The molecule has 1 aliphatic heterocycles. The zero-order valence-corrected chi connectivity index (χ0v) is 17.3. The second kappa shape index (κ2) is 10.5. The Balaban J connectivity index is 1.69. The van der Waals surface area contributed by atoms with E-state index in [9.17, 15) is 18.0 Å². The van der Waals surface area contributed by atoms with Crippen LogP contribution in [0.4, 0.5) is 13.2 Å². The highest BCUT2D eigenvalue weighted by Crippen LogP contribution is 2.27. The van der Waals surface area contributed by atoms with Crippen molar-refractivity contribution in [2.24, 2.45) is 0 Å². The molecule has 0 radical (unpaired) electrons. The monoisotopic (exact) mass is 433 g/mol. The number of amides is 1. The zero-order chi connectivity index (χ0) is 22.3. The van der Waals surface area contributed by atoms with Gasteiger partial charge in [-0.2, -0.15) is 0 Å². The van der Waals surface area contributed by atoms with Crippen LogP contribution in [0.25, 0.3) is 6.08 Å². The molecule has 2 aromatic rings. The molecule has 0 aromatic heterocycles. The van der Waals surface area contributed by atoms with Crippen LogP contribution in [-0.2, 0) is 4.79 Å². The van der Waals surface area contributed by atoms with Gasteiger partial charge in [0.15, 0.2) is 0 Å². The summed E-state index contributed by atoms with van der Waals surface area (Å²) in [5.41, 5.74) is 1.15. The molecular formula is C23H26F3N3O2. The van der Waals surface area contributed by atoms with Crippen LogP contribution < -0.4 is 10.1 Å². The third-order valence-electron chi connectivity index (χ3n) is 5.11. The number of nitrogens with zero attached hydrogens (tertiary/aromatic N) is 2. The number of rotatable bonds is 7. The molecule has 1 amide bonds. The lowest BCUT2D eigenvalue weighted by atomic mass is 10.1. The van der Waals surface area contributed by atoms with Crippen LogP contribution in [0.15, 0.2) is 60.7 Å². The van der Waals surface area contributed by atoms with Crippen LogP contribution in [0, 0.1) is 0 Å². The number of carbonyl (C=O) groups is 1. The van der Waals surface area contributed by atoms with Crippen LogP contribution in [0.1, 0.15) is 17.2 Å². The second-order valence-electron chi connectivity index (χ2n) is 7.49. The molecule has 1 heterocycles. The van der Waals surface area contributed by atoms with Gasteiger partial charge in [-0.05, 0) is 24.8 Å². The molecule has 1 fully saturated rings. The average molecular weight is 433 g/mol. The van der Waals surface area contributed by atoms with E-state index in [4.69, 9.17) is 0 Å². The number of para-hydroxylation sites is 1. The molecule has 166 valence electrons. The van der Waals surface area contributed by atoms with Gasteiger partial charge in [0.05, 0.1) is 6.04 Å². The quantitative estimate of drug-likeness (QED) is 0.677. The van der Waals surface area contributed by atoms with Crippen molar-refractivity contribution in [3.05, 3.63) is 71.8 Å². The molecule has 1 saturated heterocycles. The molecular weight excluding hydrogens is 407 g/mol. The maximum atomic E-state index is 12.6. The maximum absolute atomic E-state index is 12.6. The number of likely N-dealkylation sites (N-methyl/N-ethyl adjacent to an activating group) is 1. The van der Waals surface area contributed by atoms with E-state index in [0.29, 0.717) is 6.54 Å². The number of benzene rings is 2. The molecule has 8 heteroatoms. The summed E-state index contributed by atoms with van der Waals surface area (Å²) in [5, 5.41) is 2.99. The average Bonchev–Trinajstić information content (AvgIpc) is 2.74. The van der Waals surface area contributed by atoms with E-state index in [1.54, 1.807) is 6.07 Å². The zero-order valence-electron chi connectivity index (χ0n) is 17.3. The Labute approximate surface area is 180 Å². The molecule has 0 aliphatic carbocycles. The summed E-state index contributed by atoms with van der Waals surface area (Å²) in [7, 11) is 2.08. The number of halogens is 3. The Morgan fingerprint density at radius 3 is 2.39 bits per heavy atom. The summed E-state index contributed by atoms with van der Waals surface area (Å²) in [4.78, 5) is 17.2. The summed E-state index contributed by atoms with van der Waals surface area (Å²) in [5.74, 6) is -0.735. The van der Waals surface area contributed by atoms with E-state index in [1.165, 1.54) is 30.4 Å². The standard InChI is InChI=1S/C23H26F3N3O2/c1-28-13-15-29(16-14-28)17-20(18-7-3-2-4-8-18)27-22(30)12-11-19-9-5-6-10-21(19)31-23(24,25)26/h2-12,20H,13-17H2,1H3,(H,27,30)/b12-11+. The van der Waals surface area contributed by atoms with Gasteiger partial charge in [0.25, 0.3) is 0 Å². The van der Waals surface area contributed by atoms with Crippen molar-refractivity contribution in [2.45, 2.75) is 12.4 Å². The first-order valence-electron chi connectivity index (χ1n) is 10.1. The van der Waals surface area contributed by atoms with Crippen LogP contribution in [0.2, 0.25) is 0 Å². The van der Waals surface area contributed by atoms with Gasteiger partial charge >= 0.3 is 6.36 Å². The molecule has 5 nitrogen and oxygen atoms in total. The van der Waals surface area contributed by atoms with Crippen molar-refractivity contribution in [3.8, 4) is 5.75 Å². The van der Waals surface area contributed by atoms with Crippen molar-refractivity contribution in [1.82, 2.24) is 15.1 Å². The Kier molecular flexibility index (Phi) is 7.70. The molecule has 2 aromatic carbocycles. The van der Waals surface area contributed by atoms with Crippen LogP contribution in [0.5, 0.6) is 5.75 Å². The number of ether oxygens (including phenoxy) is 1. The fourth-order valence-corrected chi connectivity index (χ4v) is 3.43. The summed E-state index contributed by atoms with van der Waals surface area (Å²) in [6.07, 6.45) is -2.24. The van der Waals surface area contributed by atoms with E-state index in [-0.39, 0.29) is 23.3 Å². The highest BCUT2D eigenvalue weighted by atomic mass is 19.4. The predicted molar refractivity (Wildman–Crippen MR) is 113 cm³/mol. The lowest BCUT2D eigenvalue weighted by Crippen LogP contribution is -2.47. The third kappa shape index (κ3) is 7.41. The lowest BCUT2D eigenvalue weighted by molar-refractivity contribution is -0.274. The van der Waals surface area contributed by atoms with Crippen LogP contribution in [0.3, 0.4) is 0 Å². The normalized spacial score (nSPS) is 16.9. The third-order valence-corrected chi connectivity index (χ3v) is 5.11. The van der Waals surface area contributed by atoms with Crippen molar-refractivity contribution < 1.29 is 22.7 Å². The first-order valence-corrected chi connectivity index (χ1v) is 10.1. The summed E-state index contributed by atoms with van der Waals surface area (Å²) in [6.45, 7) is 4.41. The van der Waals surface area contributed by atoms with E-state index in [0.717, 1.165) is 31.7 Å². The Morgan fingerprint density at radius 2 is 1.71 bits per heavy atom. The van der Waals surface area contributed by atoms with Gasteiger partial charge in [-0.15, -0.1) is 13.2 Å². The first kappa shape index (κ1) is 22.8. The van der Waals surface area contributed by atoms with Gasteiger partial charge in [-0.1, -0.05) is 48.5 Å². The SMILES string of the molecule is CN1CCN(CC(NC(=O)/C=C/c2ccccc2OC(F)(F)F)c2ccccc2)CC1. The van der Waals surface area contributed by atoms with Crippen molar-refractivity contribution in [1.29, 1.82) is 0 Å². The second-order valence-corrected chi connectivity index (χ2v) is 7.49. The Bertz CT molecular complexity index is 879. The van der Waals surface area contributed by atoms with Gasteiger partial charge in [0.1, 0.15) is 5.75 Å². The Morgan fingerprint density at radius 1 is 1.06 bits per heavy atom. The van der Waals surface area contributed by atoms with Crippen molar-refractivity contribution >= 4 is 12.0 Å². The van der Waals surface area contributed by atoms with E-state index < -0.39 is 6.36 Å². The smallest absolute Gasteiger partial charge is 0.405 e. The summed E-state index contributed by atoms with van der Waals surface area (Å²) in [6, 6.07) is 15.1. The van der Waals surface area contributed by atoms with Gasteiger partial charge in [0.2, 0.25) is 5.91 Å². The lowest BCUT2D eigenvalue weighted by Gasteiger charge is -2.34. The largest absolute Gasteiger partial charge is 0.573 e. The minimum Gasteiger partial charge on any atom is -0.405 e. The van der Waals surface area contributed by atoms with Crippen LogP contribution >= 0.6 is 0 Å². The fraction of sp³-hybridized carbons (Fsp3) is 0.348. The molecule has 31 heavy (non-hydrogen) atoms. The van der Waals surface area contributed by atoms with Gasteiger partial charge in [-0.3, -0.25) is 9.69 Å². The summed E-state index contributed by atoms with van der Waals surface area (Å²) < 4.78 is 41.8. The minimum absolute atomic E-state index is 0.172. The number of piperazine rings is 1. The van der Waals surface area contributed by atoms with E-state index >= 15 is 0 Å². The summed E-state index contributed by atoms with van der Waals surface area (Å²) >= 11 is 0. The van der Waals surface area contributed by atoms with Gasteiger partial charge in [0, 0.05) is 44.4 Å². The highest BCUT2D eigenvalue weighted by Gasteiger charge is 2.31. The highest BCUT2D eigenvalue weighted by molar-refractivity contribution is 5.92. The van der Waals surface area contributed by atoms with Crippen molar-refractivity contribution in [2.75, 3.05) is 39.8 Å². The first-order chi connectivity index (χ1) is 14.8. The number of nitrogens with one attached hydrogen (secondary N) is 1. The van der Waals surface area contributed by atoms with Gasteiger partial charge in [-0.25, -0.2) is 0 Å². The number of alkyl halides is 3. The van der Waals surface area contributed by atoms with Gasteiger partial charge < -0.3 is 15.0 Å². The number of hydrogen-bond donors (Lipinski definition) is 1. The Hall–Kier alpha value is -2.84. The molecule has 3 rings (SSSR count).